The van der Waals surface area contributed by atoms with Gasteiger partial charge in [-0.05, 0) is 30.9 Å². The van der Waals surface area contributed by atoms with Crippen LogP contribution in [0.5, 0.6) is 5.75 Å². The normalized spacial score (nSPS) is 16.5. The highest BCUT2D eigenvalue weighted by atomic mass is 35.5. The summed E-state index contributed by atoms with van der Waals surface area (Å²) < 4.78 is 5.26. The number of nitrogens with one attached hydrogen (secondary N) is 2. The van der Waals surface area contributed by atoms with Crippen LogP contribution in [0.3, 0.4) is 0 Å². The van der Waals surface area contributed by atoms with E-state index in [1.165, 1.54) is 0 Å². The highest BCUT2D eigenvalue weighted by Gasteiger charge is 2.14. The van der Waals surface area contributed by atoms with Crippen LogP contribution in [0, 0.1) is 5.92 Å². The van der Waals surface area contributed by atoms with E-state index < -0.39 is 5.91 Å². The fraction of sp³-hybridized carbons (Fsp3) is 0.333. The monoisotopic (exact) mass is 308 g/mol. The molecule has 5 nitrogen and oxygen atoms in total. The second kappa shape index (κ2) is 7.69. The van der Waals surface area contributed by atoms with Gasteiger partial charge in [0.1, 0.15) is 5.75 Å². The maximum atomic E-state index is 11.6. The van der Waals surface area contributed by atoms with Crippen molar-refractivity contribution >= 4 is 23.4 Å². The number of halogens is 1. The minimum absolute atomic E-state index is 0.211. The SMILES string of the molecule is O=C(COc1ccccc1Cl)NNC(=O)C[C@H]1C=CCC1. The van der Waals surface area contributed by atoms with Crippen molar-refractivity contribution < 1.29 is 14.3 Å². The molecular formula is C15H17ClN2O3. The molecule has 21 heavy (non-hydrogen) atoms. The van der Waals surface area contributed by atoms with Crippen molar-refractivity contribution in [2.75, 3.05) is 6.61 Å². The van der Waals surface area contributed by atoms with Gasteiger partial charge in [0.25, 0.3) is 5.91 Å². The molecule has 0 aromatic heterocycles. The Morgan fingerprint density at radius 1 is 1.24 bits per heavy atom. The van der Waals surface area contributed by atoms with E-state index in [1.807, 2.05) is 6.08 Å². The third-order valence-electron chi connectivity index (χ3n) is 3.10. The lowest BCUT2D eigenvalue weighted by Crippen LogP contribution is -2.44. The van der Waals surface area contributed by atoms with Crippen molar-refractivity contribution in [2.45, 2.75) is 19.3 Å². The van der Waals surface area contributed by atoms with E-state index in [4.69, 9.17) is 16.3 Å². The zero-order valence-corrected chi connectivity index (χ0v) is 12.2. The van der Waals surface area contributed by atoms with Crippen molar-refractivity contribution in [3.63, 3.8) is 0 Å². The van der Waals surface area contributed by atoms with E-state index in [9.17, 15) is 9.59 Å². The number of carbonyl (C=O) groups is 2. The lowest BCUT2D eigenvalue weighted by atomic mass is 10.1. The predicted octanol–water partition coefficient (Wildman–Crippen LogP) is 2.22. The first kappa shape index (κ1) is 15.4. The van der Waals surface area contributed by atoms with E-state index in [2.05, 4.69) is 16.9 Å². The lowest BCUT2D eigenvalue weighted by molar-refractivity contribution is -0.130. The summed E-state index contributed by atoms with van der Waals surface area (Å²) in [5.41, 5.74) is 4.69. The largest absolute Gasteiger partial charge is 0.482 e. The molecule has 6 heteroatoms. The molecule has 0 fully saturated rings. The van der Waals surface area contributed by atoms with Gasteiger partial charge in [-0.3, -0.25) is 20.4 Å². The van der Waals surface area contributed by atoms with Crippen molar-refractivity contribution in [3.8, 4) is 5.75 Å². The van der Waals surface area contributed by atoms with Gasteiger partial charge in [0.2, 0.25) is 5.91 Å². The van der Waals surface area contributed by atoms with Crippen molar-refractivity contribution in [2.24, 2.45) is 5.92 Å². The number of hydrogen-bond donors (Lipinski definition) is 2. The third-order valence-corrected chi connectivity index (χ3v) is 3.41. The molecule has 1 aliphatic carbocycles. The second-order valence-corrected chi connectivity index (χ2v) is 5.19. The number of para-hydroxylation sites is 1. The third kappa shape index (κ3) is 5.11. The highest BCUT2D eigenvalue weighted by molar-refractivity contribution is 6.32. The van der Waals surface area contributed by atoms with E-state index in [0.29, 0.717) is 17.2 Å². The average molecular weight is 309 g/mol. The lowest BCUT2D eigenvalue weighted by Gasteiger charge is -2.11. The summed E-state index contributed by atoms with van der Waals surface area (Å²) in [7, 11) is 0. The minimum Gasteiger partial charge on any atom is -0.482 e. The van der Waals surface area contributed by atoms with Gasteiger partial charge in [0.15, 0.2) is 6.61 Å². The zero-order chi connectivity index (χ0) is 15.1. The molecule has 1 aromatic rings. The fourth-order valence-electron chi connectivity index (χ4n) is 2.04. The first-order chi connectivity index (χ1) is 10.1. The molecule has 0 radical (unpaired) electrons. The molecular weight excluding hydrogens is 292 g/mol. The van der Waals surface area contributed by atoms with Crippen LogP contribution in [-0.2, 0) is 9.59 Å². The zero-order valence-electron chi connectivity index (χ0n) is 11.5. The van der Waals surface area contributed by atoms with Gasteiger partial charge in [0, 0.05) is 6.42 Å². The van der Waals surface area contributed by atoms with E-state index >= 15 is 0 Å². The molecule has 2 N–H and O–H groups in total. The molecule has 0 heterocycles. The number of hydrogen-bond acceptors (Lipinski definition) is 3. The van der Waals surface area contributed by atoms with Crippen molar-refractivity contribution in [1.82, 2.24) is 10.9 Å². The molecule has 2 rings (SSSR count). The summed E-state index contributed by atoms with van der Waals surface area (Å²) >= 11 is 5.90. The van der Waals surface area contributed by atoms with Crippen LogP contribution in [-0.4, -0.2) is 18.4 Å². The minimum atomic E-state index is -0.440. The van der Waals surface area contributed by atoms with Gasteiger partial charge in [0.05, 0.1) is 5.02 Å². The van der Waals surface area contributed by atoms with E-state index in [0.717, 1.165) is 12.8 Å². The van der Waals surface area contributed by atoms with Crippen LogP contribution >= 0.6 is 11.6 Å². The standard InChI is InChI=1S/C15H17ClN2O3/c16-12-7-3-4-8-13(12)21-10-15(20)18-17-14(19)9-11-5-1-2-6-11/h1,3-5,7-8,11H,2,6,9-10H2,(H,17,19)(H,18,20)/t11-/m0/s1. The molecule has 0 bridgehead atoms. The number of rotatable bonds is 5. The molecule has 1 atom stereocenters. The number of allylic oxidation sites excluding steroid dienone is 2. The highest BCUT2D eigenvalue weighted by Crippen LogP contribution is 2.22. The Labute approximate surface area is 128 Å². The topological polar surface area (TPSA) is 67.4 Å². The number of hydrazine groups is 1. The summed E-state index contributed by atoms with van der Waals surface area (Å²) in [6, 6.07) is 6.87. The molecule has 0 spiro atoms. The number of benzene rings is 1. The Bertz CT molecular complexity index is 545. The smallest absolute Gasteiger partial charge is 0.276 e. The second-order valence-electron chi connectivity index (χ2n) is 4.79. The van der Waals surface area contributed by atoms with Gasteiger partial charge in [-0.2, -0.15) is 0 Å². The van der Waals surface area contributed by atoms with Crippen LogP contribution < -0.4 is 15.6 Å². The Morgan fingerprint density at radius 2 is 2.00 bits per heavy atom. The quantitative estimate of drug-likeness (QED) is 0.647. The van der Waals surface area contributed by atoms with E-state index in [-0.39, 0.29) is 18.4 Å². The van der Waals surface area contributed by atoms with Crippen molar-refractivity contribution in [3.05, 3.63) is 41.4 Å². The summed E-state index contributed by atoms with van der Waals surface area (Å²) in [6.45, 7) is -0.215. The van der Waals surface area contributed by atoms with Crippen molar-refractivity contribution in [1.29, 1.82) is 0 Å². The Hall–Kier alpha value is -2.01. The molecule has 112 valence electrons. The van der Waals surface area contributed by atoms with Crippen LogP contribution in [0.1, 0.15) is 19.3 Å². The van der Waals surface area contributed by atoms with Crippen LogP contribution in [0.15, 0.2) is 36.4 Å². The van der Waals surface area contributed by atoms with Gasteiger partial charge < -0.3 is 4.74 Å². The molecule has 0 aliphatic heterocycles. The van der Waals surface area contributed by atoms with Gasteiger partial charge >= 0.3 is 0 Å². The number of ether oxygens (including phenoxy) is 1. The average Bonchev–Trinajstić information content (AvgIpc) is 2.97. The Morgan fingerprint density at radius 3 is 2.71 bits per heavy atom. The fourth-order valence-corrected chi connectivity index (χ4v) is 2.23. The van der Waals surface area contributed by atoms with Crippen LogP contribution in [0.4, 0.5) is 0 Å². The number of carbonyl (C=O) groups excluding carboxylic acids is 2. The van der Waals surface area contributed by atoms with E-state index in [1.54, 1.807) is 24.3 Å². The van der Waals surface area contributed by atoms with Gasteiger partial charge in [-0.1, -0.05) is 35.9 Å². The summed E-state index contributed by atoms with van der Waals surface area (Å²) in [4.78, 5) is 23.2. The molecule has 0 saturated carbocycles. The summed E-state index contributed by atoms with van der Waals surface area (Å²) in [6.07, 6.45) is 6.46. The summed E-state index contributed by atoms with van der Waals surface area (Å²) in [5, 5.41) is 0.433. The van der Waals surface area contributed by atoms with Crippen LogP contribution in [0.2, 0.25) is 5.02 Å². The molecule has 2 amide bonds. The first-order valence-corrected chi connectivity index (χ1v) is 7.14. The first-order valence-electron chi connectivity index (χ1n) is 6.77. The molecule has 1 aliphatic rings. The van der Waals surface area contributed by atoms with Gasteiger partial charge in [-0.25, -0.2) is 0 Å². The van der Waals surface area contributed by atoms with Crippen LogP contribution in [0.25, 0.3) is 0 Å². The molecule has 0 saturated heterocycles. The maximum absolute atomic E-state index is 11.6. The van der Waals surface area contributed by atoms with Gasteiger partial charge in [-0.15, -0.1) is 0 Å². The summed E-state index contributed by atoms with van der Waals surface area (Å²) in [5.74, 6) is 0.0425. The molecule has 1 aromatic carbocycles. The maximum Gasteiger partial charge on any atom is 0.276 e. The Kier molecular flexibility index (Phi) is 5.63. The predicted molar refractivity (Wildman–Crippen MR) is 79.7 cm³/mol. The number of amides is 2. The Balaban J connectivity index is 1.66. The molecule has 0 unspecified atom stereocenters.